The minimum atomic E-state index is -0.425. The molecule has 3 nitrogen and oxygen atoms in total. The van der Waals surface area contributed by atoms with E-state index in [4.69, 9.17) is 4.74 Å². The topological polar surface area (TPSA) is 29.5 Å². The second-order valence-electron chi connectivity index (χ2n) is 6.41. The average Bonchev–Trinajstić information content (AvgIpc) is 2.11. The number of hydrogen-bond acceptors (Lipinski definition) is 2. The van der Waals surface area contributed by atoms with Crippen LogP contribution in [0.3, 0.4) is 0 Å². The van der Waals surface area contributed by atoms with E-state index in [0.717, 1.165) is 0 Å². The number of amides is 1. The molecule has 17 heavy (non-hydrogen) atoms. The van der Waals surface area contributed by atoms with E-state index in [1.807, 2.05) is 25.7 Å². The Morgan fingerprint density at radius 1 is 1.53 bits per heavy atom. The predicted molar refractivity (Wildman–Crippen MR) is 74.2 cm³/mol. The number of nitrogens with zero attached hydrogens (tertiary/aromatic N) is 1. The van der Waals surface area contributed by atoms with E-state index < -0.39 is 5.60 Å². The molecule has 1 unspecified atom stereocenters. The Bertz CT molecular complexity index is 342. The van der Waals surface area contributed by atoms with Crippen molar-refractivity contribution in [3.63, 3.8) is 0 Å². The number of hydrogen-bond donors (Lipinski definition) is 0. The van der Waals surface area contributed by atoms with Gasteiger partial charge in [-0.3, -0.25) is 0 Å². The van der Waals surface area contributed by atoms with E-state index in [1.54, 1.807) is 3.59 Å². The Morgan fingerprint density at radius 3 is 2.53 bits per heavy atom. The van der Waals surface area contributed by atoms with Crippen LogP contribution in [0, 0.1) is 5.92 Å². The summed E-state index contributed by atoms with van der Waals surface area (Å²) >= 11 is 0.527. The molecule has 98 valence electrons. The molecule has 0 aromatic carbocycles. The molecule has 1 heterocycles. The van der Waals surface area contributed by atoms with Crippen LogP contribution < -0.4 is 0 Å². The van der Waals surface area contributed by atoms with Crippen molar-refractivity contribution in [1.82, 2.24) is 4.90 Å². The fourth-order valence-corrected chi connectivity index (χ4v) is 4.60. The molecule has 1 atom stereocenters. The molecule has 0 N–H and O–H groups in total. The predicted octanol–water partition coefficient (Wildman–Crippen LogP) is 1.90. The third-order valence-corrected chi connectivity index (χ3v) is 7.28. The molecule has 1 amide bonds. The zero-order valence-electron chi connectivity index (χ0n) is 12.1. The summed E-state index contributed by atoms with van der Waals surface area (Å²) in [4.78, 5) is 14.0. The van der Waals surface area contributed by atoms with Crippen molar-refractivity contribution in [2.24, 2.45) is 5.92 Å². The molecule has 0 bridgehead atoms. The second kappa shape index (κ2) is 4.82. The zero-order valence-corrected chi connectivity index (χ0v) is 17.8. The van der Waals surface area contributed by atoms with Gasteiger partial charge in [0.25, 0.3) is 0 Å². The van der Waals surface area contributed by atoms with Gasteiger partial charge in [0.2, 0.25) is 0 Å². The molecule has 0 aliphatic carbocycles. The first kappa shape index (κ1) is 14.9. The first-order valence-corrected chi connectivity index (χ1v) is 9.08. The van der Waals surface area contributed by atoms with Gasteiger partial charge in [0, 0.05) is 0 Å². The molecule has 0 saturated heterocycles. The van der Waals surface area contributed by atoms with Crippen LogP contribution in [0.15, 0.2) is 9.67 Å². The summed E-state index contributed by atoms with van der Waals surface area (Å²) in [6.07, 6.45) is 2.00. The summed E-state index contributed by atoms with van der Waals surface area (Å²) in [7, 11) is 0. The van der Waals surface area contributed by atoms with E-state index in [9.17, 15) is 4.79 Å². The van der Waals surface area contributed by atoms with Gasteiger partial charge >= 0.3 is 118 Å². The number of rotatable bonds is 0. The quantitative estimate of drug-likeness (QED) is 0.627. The third-order valence-electron chi connectivity index (χ3n) is 3.65. The van der Waals surface area contributed by atoms with Gasteiger partial charge in [-0.2, -0.15) is 0 Å². The van der Waals surface area contributed by atoms with Crippen molar-refractivity contribution in [3.05, 3.63) is 9.67 Å². The Labute approximate surface area is 118 Å². The summed E-state index contributed by atoms with van der Waals surface area (Å²) in [6, 6.07) is 0. The minimum absolute atomic E-state index is 0.141. The van der Waals surface area contributed by atoms with Crippen LogP contribution >= 0.6 is 0 Å². The molecule has 0 spiro atoms. The molecule has 0 aromatic rings. The first-order valence-electron chi connectivity index (χ1n) is 6.23. The van der Waals surface area contributed by atoms with Gasteiger partial charge in [-0.25, -0.2) is 0 Å². The van der Waals surface area contributed by atoms with Crippen molar-refractivity contribution in [2.45, 2.75) is 52.7 Å². The molecule has 0 saturated carbocycles. The number of carbonyl (C=O) groups excluding carboxylic acids is 1. The molecule has 1 rings (SSSR count). The molecule has 1 aliphatic rings. The van der Waals surface area contributed by atoms with Gasteiger partial charge < -0.3 is 0 Å². The maximum absolute atomic E-state index is 12.2. The molecule has 1 aliphatic heterocycles. The standard InChI is InChI=1S/C13H22NO2.Sn.3H/c1-10-8-7-9-14(13(10,5)6)11(15)16-12(2,3)4;;;;/h7,10H,9H2,1-6H3;;;;. The van der Waals surface area contributed by atoms with Crippen molar-refractivity contribution >= 4 is 28.6 Å². The Morgan fingerprint density at radius 2 is 2.06 bits per heavy atom. The average molecular weight is 346 g/mol. The van der Waals surface area contributed by atoms with E-state index in [2.05, 4.69) is 26.8 Å². The van der Waals surface area contributed by atoms with Crippen LogP contribution in [-0.2, 0) is 4.74 Å². The summed E-state index contributed by atoms with van der Waals surface area (Å²) in [6.45, 7) is 12.9. The zero-order chi connectivity index (χ0) is 13.4. The van der Waals surface area contributed by atoms with Gasteiger partial charge in [0.05, 0.1) is 0 Å². The SMILES string of the molecule is CC1[C]([SnH3])=CCN(C(=O)OC(C)(C)C)C1(C)C. The molecule has 0 aromatic heterocycles. The summed E-state index contributed by atoms with van der Waals surface area (Å²) in [5.41, 5.74) is -0.566. The van der Waals surface area contributed by atoms with E-state index in [1.165, 1.54) is 0 Å². The van der Waals surface area contributed by atoms with Gasteiger partial charge in [-0.1, -0.05) is 0 Å². The maximum atomic E-state index is 12.2. The van der Waals surface area contributed by atoms with Crippen LogP contribution in [0.5, 0.6) is 0 Å². The van der Waals surface area contributed by atoms with E-state index >= 15 is 0 Å². The fraction of sp³-hybridized carbons (Fsp3) is 0.769. The van der Waals surface area contributed by atoms with E-state index in [0.29, 0.717) is 35.0 Å². The Kier molecular flexibility index (Phi) is 4.22. The van der Waals surface area contributed by atoms with Gasteiger partial charge in [0.15, 0.2) is 0 Å². The van der Waals surface area contributed by atoms with Crippen molar-refractivity contribution in [1.29, 1.82) is 0 Å². The van der Waals surface area contributed by atoms with E-state index in [-0.39, 0.29) is 11.6 Å². The fourth-order valence-electron chi connectivity index (χ4n) is 2.07. The molecule has 4 heteroatoms. The van der Waals surface area contributed by atoms with Crippen LogP contribution in [0.25, 0.3) is 0 Å². The second-order valence-corrected chi connectivity index (χ2v) is 9.71. The molecule has 0 fully saturated rings. The number of carbonyl (C=O) groups is 1. The molecular formula is C13H25NO2Sn. The third kappa shape index (κ3) is 3.39. The van der Waals surface area contributed by atoms with Crippen molar-refractivity contribution in [3.8, 4) is 0 Å². The van der Waals surface area contributed by atoms with Gasteiger partial charge in [0.1, 0.15) is 0 Å². The number of ether oxygens (including phenoxy) is 1. The first-order chi connectivity index (χ1) is 7.55. The molecular weight excluding hydrogens is 321 g/mol. The monoisotopic (exact) mass is 347 g/mol. The normalized spacial score (nSPS) is 24.5. The van der Waals surface area contributed by atoms with Crippen LogP contribution in [0.2, 0.25) is 0 Å². The Balaban J connectivity index is 2.89. The van der Waals surface area contributed by atoms with Crippen LogP contribution in [0.1, 0.15) is 41.5 Å². The molecule has 0 radical (unpaired) electrons. The van der Waals surface area contributed by atoms with Gasteiger partial charge in [-0.15, -0.1) is 0 Å². The van der Waals surface area contributed by atoms with Gasteiger partial charge in [-0.05, 0) is 0 Å². The summed E-state index contributed by atoms with van der Waals surface area (Å²) in [5, 5.41) is 0. The summed E-state index contributed by atoms with van der Waals surface area (Å²) in [5.74, 6) is 0.444. The van der Waals surface area contributed by atoms with Crippen molar-refractivity contribution < 1.29 is 9.53 Å². The van der Waals surface area contributed by atoms with Crippen molar-refractivity contribution in [2.75, 3.05) is 6.54 Å². The van der Waals surface area contributed by atoms with Crippen LogP contribution in [0.4, 0.5) is 4.79 Å². The Hall–Kier alpha value is -0.191. The summed E-state index contributed by atoms with van der Waals surface area (Å²) < 4.78 is 7.02. The van der Waals surface area contributed by atoms with Crippen LogP contribution in [-0.4, -0.2) is 51.2 Å².